The standard InChI is InChI=1S/C17H16O2/c1-14(18)16-11-5-6-12-17(16)19-13-7-10-15-8-3-2-4-9-15/h2-6,8-9,11-12,14,18H,13H2,1H3/t14-/m1/s1. The lowest BCUT2D eigenvalue weighted by atomic mass is 10.1. The molecule has 0 aliphatic carbocycles. The number of para-hydroxylation sites is 1. The predicted octanol–water partition coefficient (Wildman–Crippen LogP) is 3.17. The molecule has 0 aliphatic rings. The van der Waals surface area contributed by atoms with Crippen LogP contribution in [-0.2, 0) is 0 Å². The summed E-state index contributed by atoms with van der Waals surface area (Å²) in [6.45, 7) is 2.02. The van der Waals surface area contributed by atoms with Gasteiger partial charge in [0.05, 0.1) is 6.10 Å². The second-order valence-corrected chi connectivity index (χ2v) is 4.17. The summed E-state index contributed by atoms with van der Waals surface area (Å²) in [5.41, 5.74) is 1.75. The molecule has 0 unspecified atom stereocenters. The van der Waals surface area contributed by atoms with E-state index in [1.165, 1.54) is 0 Å². The minimum Gasteiger partial charge on any atom is -0.481 e. The number of hydrogen-bond acceptors (Lipinski definition) is 2. The zero-order valence-corrected chi connectivity index (χ0v) is 10.8. The van der Waals surface area contributed by atoms with E-state index in [0.29, 0.717) is 12.4 Å². The SMILES string of the molecule is C[C@@H](O)c1ccccc1OCC#Cc1ccccc1. The normalized spacial score (nSPS) is 11.3. The highest BCUT2D eigenvalue weighted by molar-refractivity contribution is 5.36. The molecule has 0 amide bonds. The van der Waals surface area contributed by atoms with Gasteiger partial charge in [-0.25, -0.2) is 0 Å². The van der Waals surface area contributed by atoms with Crippen LogP contribution in [0.25, 0.3) is 0 Å². The van der Waals surface area contributed by atoms with Crippen LogP contribution in [-0.4, -0.2) is 11.7 Å². The van der Waals surface area contributed by atoms with Crippen LogP contribution >= 0.6 is 0 Å². The fraction of sp³-hybridized carbons (Fsp3) is 0.176. The van der Waals surface area contributed by atoms with Gasteiger partial charge in [-0.3, -0.25) is 0 Å². The Morgan fingerprint density at radius 1 is 1.05 bits per heavy atom. The highest BCUT2D eigenvalue weighted by atomic mass is 16.5. The van der Waals surface area contributed by atoms with Gasteiger partial charge in [-0.2, -0.15) is 0 Å². The van der Waals surface area contributed by atoms with E-state index in [-0.39, 0.29) is 0 Å². The van der Waals surface area contributed by atoms with Gasteiger partial charge in [0.25, 0.3) is 0 Å². The molecule has 96 valence electrons. The first kappa shape index (κ1) is 13.2. The summed E-state index contributed by atoms with van der Waals surface area (Å²) in [4.78, 5) is 0. The number of aliphatic hydroxyl groups excluding tert-OH is 1. The Balaban J connectivity index is 1.99. The molecule has 0 aliphatic heterocycles. The number of benzene rings is 2. The lowest BCUT2D eigenvalue weighted by molar-refractivity contribution is 0.193. The smallest absolute Gasteiger partial charge is 0.149 e. The molecule has 0 bridgehead atoms. The maximum absolute atomic E-state index is 9.62. The number of hydrogen-bond donors (Lipinski definition) is 1. The topological polar surface area (TPSA) is 29.5 Å². The molecule has 0 radical (unpaired) electrons. The van der Waals surface area contributed by atoms with Crippen LogP contribution in [0.5, 0.6) is 5.75 Å². The van der Waals surface area contributed by atoms with Crippen molar-refractivity contribution >= 4 is 0 Å². The van der Waals surface area contributed by atoms with E-state index < -0.39 is 6.10 Å². The first-order valence-electron chi connectivity index (χ1n) is 6.21. The molecule has 1 N–H and O–H groups in total. The van der Waals surface area contributed by atoms with Crippen LogP contribution in [0.4, 0.5) is 0 Å². The van der Waals surface area contributed by atoms with E-state index >= 15 is 0 Å². The van der Waals surface area contributed by atoms with Crippen LogP contribution in [0.15, 0.2) is 54.6 Å². The van der Waals surface area contributed by atoms with E-state index in [1.54, 1.807) is 6.92 Å². The highest BCUT2D eigenvalue weighted by Crippen LogP contribution is 2.24. The molecule has 0 fully saturated rings. The van der Waals surface area contributed by atoms with Crippen molar-refractivity contribution in [3.63, 3.8) is 0 Å². The fourth-order valence-electron chi connectivity index (χ4n) is 1.73. The lowest BCUT2D eigenvalue weighted by Crippen LogP contribution is -2.00. The van der Waals surface area contributed by atoms with Gasteiger partial charge in [0.1, 0.15) is 12.4 Å². The predicted molar refractivity (Wildman–Crippen MR) is 75.9 cm³/mol. The Morgan fingerprint density at radius 2 is 1.74 bits per heavy atom. The van der Waals surface area contributed by atoms with Crippen molar-refractivity contribution in [1.82, 2.24) is 0 Å². The summed E-state index contributed by atoms with van der Waals surface area (Å²) in [6, 6.07) is 17.2. The minimum absolute atomic E-state index is 0.304. The average molecular weight is 252 g/mol. The Bertz CT molecular complexity index is 577. The van der Waals surface area contributed by atoms with Crippen molar-refractivity contribution in [2.75, 3.05) is 6.61 Å². The molecule has 2 aromatic carbocycles. The summed E-state index contributed by atoms with van der Waals surface area (Å²) in [6.07, 6.45) is -0.543. The Hall–Kier alpha value is -2.24. The van der Waals surface area contributed by atoms with Gasteiger partial charge in [-0.15, -0.1) is 0 Å². The Kier molecular flexibility index (Phi) is 4.60. The second kappa shape index (κ2) is 6.63. The molecule has 2 aromatic rings. The largest absolute Gasteiger partial charge is 0.481 e. The summed E-state index contributed by atoms with van der Waals surface area (Å²) in [7, 11) is 0. The van der Waals surface area contributed by atoms with Crippen LogP contribution in [0.3, 0.4) is 0 Å². The van der Waals surface area contributed by atoms with Gasteiger partial charge in [0.15, 0.2) is 0 Å². The van der Waals surface area contributed by atoms with Crippen LogP contribution < -0.4 is 4.74 Å². The zero-order valence-electron chi connectivity index (χ0n) is 10.8. The molecule has 0 heterocycles. The molecule has 2 heteroatoms. The van der Waals surface area contributed by atoms with E-state index in [1.807, 2.05) is 54.6 Å². The molecule has 2 rings (SSSR count). The third kappa shape index (κ3) is 3.87. The van der Waals surface area contributed by atoms with Crippen molar-refractivity contribution in [2.45, 2.75) is 13.0 Å². The van der Waals surface area contributed by atoms with Crippen molar-refractivity contribution in [1.29, 1.82) is 0 Å². The summed E-state index contributed by atoms with van der Waals surface area (Å²) < 4.78 is 5.59. The number of aliphatic hydroxyl groups is 1. The Labute approximate surface area is 113 Å². The molecule has 2 nitrogen and oxygen atoms in total. The van der Waals surface area contributed by atoms with E-state index in [9.17, 15) is 5.11 Å². The van der Waals surface area contributed by atoms with Gasteiger partial charge in [0, 0.05) is 11.1 Å². The lowest BCUT2D eigenvalue weighted by Gasteiger charge is -2.11. The maximum atomic E-state index is 9.62. The summed E-state index contributed by atoms with van der Waals surface area (Å²) in [5, 5.41) is 9.62. The van der Waals surface area contributed by atoms with Crippen LogP contribution in [0.2, 0.25) is 0 Å². The molecule has 19 heavy (non-hydrogen) atoms. The molecule has 0 aromatic heterocycles. The van der Waals surface area contributed by atoms with Gasteiger partial charge in [0.2, 0.25) is 0 Å². The quantitative estimate of drug-likeness (QED) is 0.850. The van der Waals surface area contributed by atoms with Gasteiger partial charge >= 0.3 is 0 Å². The monoisotopic (exact) mass is 252 g/mol. The molecular weight excluding hydrogens is 236 g/mol. The zero-order chi connectivity index (χ0) is 13.5. The molecule has 1 atom stereocenters. The Morgan fingerprint density at radius 3 is 2.47 bits per heavy atom. The van der Waals surface area contributed by atoms with E-state index in [0.717, 1.165) is 11.1 Å². The third-order valence-electron chi connectivity index (χ3n) is 2.68. The molecular formula is C17H16O2. The second-order valence-electron chi connectivity index (χ2n) is 4.17. The highest BCUT2D eigenvalue weighted by Gasteiger charge is 2.06. The van der Waals surface area contributed by atoms with Gasteiger partial charge in [-0.1, -0.05) is 48.2 Å². The number of rotatable bonds is 3. The number of ether oxygens (including phenoxy) is 1. The maximum Gasteiger partial charge on any atom is 0.149 e. The van der Waals surface area contributed by atoms with Gasteiger partial charge < -0.3 is 9.84 Å². The first-order chi connectivity index (χ1) is 9.27. The van der Waals surface area contributed by atoms with Crippen molar-refractivity contribution < 1.29 is 9.84 Å². The van der Waals surface area contributed by atoms with Crippen molar-refractivity contribution in [3.8, 4) is 17.6 Å². The summed E-state index contributed by atoms with van der Waals surface area (Å²) >= 11 is 0. The minimum atomic E-state index is -0.543. The van der Waals surface area contributed by atoms with Crippen molar-refractivity contribution in [2.24, 2.45) is 0 Å². The van der Waals surface area contributed by atoms with E-state index in [4.69, 9.17) is 4.74 Å². The van der Waals surface area contributed by atoms with Gasteiger partial charge in [-0.05, 0) is 25.1 Å². The first-order valence-corrected chi connectivity index (χ1v) is 6.21. The van der Waals surface area contributed by atoms with E-state index in [2.05, 4.69) is 11.8 Å². The third-order valence-corrected chi connectivity index (χ3v) is 2.68. The van der Waals surface area contributed by atoms with Crippen LogP contribution in [0, 0.1) is 11.8 Å². The molecule has 0 saturated carbocycles. The van der Waals surface area contributed by atoms with Crippen molar-refractivity contribution in [3.05, 3.63) is 65.7 Å². The average Bonchev–Trinajstić information content (AvgIpc) is 2.45. The molecule has 0 spiro atoms. The molecule has 0 saturated heterocycles. The summed E-state index contributed by atoms with van der Waals surface area (Å²) in [5.74, 6) is 6.67. The van der Waals surface area contributed by atoms with Crippen LogP contribution in [0.1, 0.15) is 24.2 Å². The fourth-order valence-corrected chi connectivity index (χ4v) is 1.73.